The maximum atomic E-state index is 13.6. The van der Waals surface area contributed by atoms with Gasteiger partial charge in [-0.3, -0.25) is 9.59 Å². The number of unbranched alkanes of at least 4 members (excludes halogenated alkanes) is 1. The molecule has 6 nitrogen and oxygen atoms in total. The maximum Gasteiger partial charge on any atom is 0.416 e. The molecule has 1 aromatic carbocycles. The molecule has 2 aromatic rings. The van der Waals surface area contributed by atoms with Crippen molar-refractivity contribution in [3.8, 4) is 0 Å². The van der Waals surface area contributed by atoms with Gasteiger partial charge in [0.1, 0.15) is 5.56 Å². The highest BCUT2D eigenvalue weighted by molar-refractivity contribution is 5.97. The highest BCUT2D eigenvalue weighted by Crippen LogP contribution is 2.31. The molecule has 1 aliphatic rings. The minimum atomic E-state index is -4.53. The molecule has 1 unspecified atom stereocenters. The number of ether oxygens (including phenoxy) is 1. The average Bonchev–Trinajstić information content (AvgIpc) is 2.77. The number of carbonyl (C=O) groups is 1. The fourth-order valence-corrected chi connectivity index (χ4v) is 4.46. The molecule has 0 bridgehead atoms. The molecule has 1 atom stereocenters. The number of alkyl halides is 3. The van der Waals surface area contributed by atoms with E-state index in [4.69, 9.17) is 4.74 Å². The number of halogens is 3. The van der Waals surface area contributed by atoms with Crippen molar-refractivity contribution in [1.29, 1.82) is 0 Å². The number of aryl methyl sites for hydroxylation is 1. The monoisotopic (exact) mass is 467 g/mol. The summed E-state index contributed by atoms with van der Waals surface area (Å²) in [6, 6.07) is 2.92. The third kappa shape index (κ3) is 5.76. The number of amides is 1. The lowest BCUT2D eigenvalue weighted by molar-refractivity contribution is -0.137. The molecular weight excluding hydrogens is 435 g/mol. The van der Waals surface area contributed by atoms with Crippen LogP contribution in [0.2, 0.25) is 0 Å². The molecule has 0 spiro atoms. The summed E-state index contributed by atoms with van der Waals surface area (Å²) in [5.41, 5.74) is -1.19. The summed E-state index contributed by atoms with van der Waals surface area (Å²) in [6.45, 7) is 6.25. The predicted molar refractivity (Wildman–Crippen MR) is 122 cm³/mol. The van der Waals surface area contributed by atoms with E-state index in [2.05, 4.69) is 5.32 Å². The zero-order valence-electron chi connectivity index (χ0n) is 19.4. The van der Waals surface area contributed by atoms with Gasteiger partial charge in [-0.1, -0.05) is 0 Å². The van der Waals surface area contributed by atoms with Gasteiger partial charge in [-0.15, -0.1) is 0 Å². The molecule has 1 amide bonds. The number of piperidine rings is 1. The zero-order valence-corrected chi connectivity index (χ0v) is 19.4. The Hall–Kier alpha value is -2.39. The topological polar surface area (TPSA) is 63.6 Å². The van der Waals surface area contributed by atoms with Gasteiger partial charge in [0.2, 0.25) is 5.43 Å². The molecule has 0 aliphatic carbocycles. The minimum Gasteiger partial charge on any atom is -0.385 e. The Bertz CT molecular complexity index is 1030. The van der Waals surface area contributed by atoms with Crippen molar-refractivity contribution in [2.75, 3.05) is 26.8 Å². The van der Waals surface area contributed by atoms with Crippen molar-refractivity contribution in [2.24, 2.45) is 0 Å². The number of pyridine rings is 1. The van der Waals surface area contributed by atoms with Gasteiger partial charge >= 0.3 is 6.18 Å². The van der Waals surface area contributed by atoms with Crippen LogP contribution in [-0.2, 0) is 17.5 Å². The number of fused-ring (bicyclic) bond motifs is 1. The van der Waals surface area contributed by atoms with Crippen LogP contribution in [0.5, 0.6) is 0 Å². The molecule has 33 heavy (non-hydrogen) atoms. The molecule has 1 fully saturated rings. The van der Waals surface area contributed by atoms with E-state index in [9.17, 15) is 22.8 Å². The van der Waals surface area contributed by atoms with E-state index in [0.29, 0.717) is 32.5 Å². The molecule has 1 N–H and O–H groups in total. The second-order valence-electron chi connectivity index (χ2n) is 8.80. The lowest BCUT2D eigenvalue weighted by Crippen LogP contribution is -2.52. The SMILES string of the molecule is COCCCCn1cc(C(=O)N(C(C)C)C2CCCNC2)c(=O)c2ccc(C(F)(F)F)cc21. The number of nitrogens with zero attached hydrogens (tertiary/aromatic N) is 2. The van der Waals surface area contributed by atoms with E-state index >= 15 is 0 Å². The van der Waals surface area contributed by atoms with Crippen LogP contribution in [0.1, 0.15) is 55.5 Å². The van der Waals surface area contributed by atoms with Gasteiger partial charge in [0.25, 0.3) is 5.91 Å². The molecule has 0 saturated carbocycles. The largest absolute Gasteiger partial charge is 0.416 e. The summed E-state index contributed by atoms with van der Waals surface area (Å²) < 4.78 is 46.7. The average molecular weight is 468 g/mol. The van der Waals surface area contributed by atoms with Gasteiger partial charge in [-0.05, 0) is 64.3 Å². The summed E-state index contributed by atoms with van der Waals surface area (Å²) >= 11 is 0. The smallest absolute Gasteiger partial charge is 0.385 e. The van der Waals surface area contributed by atoms with Crippen molar-refractivity contribution < 1.29 is 22.7 Å². The third-order valence-electron chi connectivity index (χ3n) is 6.09. The summed E-state index contributed by atoms with van der Waals surface area (Å²) in [7, 11) is 1.59. The lowest BCUT2D eigenvalue weighted by Gasteiger charge is -2.37. The first-order valence-electron chi connectivity index (χ1n) is 11.4. The van der Waals surface area contributed by atoms with Crippen LogP contribution in [0.15, 0.2) is 29.2 Å². The number of hydrogen-bond acceptors (Lipinski definition) is 4. The zero-order chi connectivity index (χ0) is 24.2. The first-order chi connectivity index (χ1) is 15.6. The Labute approximate surface area is 191 Å². The van der Waals surface area contributed by atoms with Gasteiger partial charge in [0.15, 0.2) is 0 Å². The van der Waals surface area contributed by atoms with E-state index in [-0.39, 0.29) is 34.5 Å². The Morgan fingerprint density at radius 3 is 2.67 bits per heavy atom. The molecule has 9 heteroatoms. The first-order valence-corrected chi connectivity index (χ1v) is 11.4. The van der Waals surface area contributed by atoms with E-state index in [1.165, 1.54) is 12.3 Å². The summed E-state index contributed by atoms with van der Waals surface area (Å²) in [6.07, 6.45) is 0.0233. The number of nitrogens with one attached hydrogen (secondary N) is 1. The molecule has 2 heterocycles. The normalized spacial score (nSPS) is 17.0. The third-order valence-corrected chi connectivity index (χ3v) is 6.09. The molecule has 1 saturated heterocycles. The molecule has 1 aliphatic heterocycles. The van der Waals surface area contributed by atoms with Crippen molar-refractivity contribution >= 4 is 16.8 Å². The van der Waals surface area contributed by atoms with E-state index in [0.717, 1.165) is 31.5 Å². The van der Waals surface area contributed by atoms with Crippen LogP contribution in [0.4, 0.5) is 13.2 Å². The molecule has 0 radical (unpaired) electrons. The number of benzene rings is 1. The second-order valence-corrected chi connectivity index (χ2v) is 8.80. The molecule has 3 rings (SSSR count). The van der Waals surface area contributed by atoms with Crippen LogP contribution < -0.4 is 10.7 Å². The quantitative estimate of drug-likeness (QED) is 0.595. The second kappa shape index (κ2) is 10.7. The van der Waals surface area contributed by atoms with Crippen molar-refractivity contribution in [1.82, 2.24) is 14.8 Å². The Morgan fingerprint density at radius 2 is 2.06 bits per heavy atom. The number of aromatic nitrogens is 1. The first kappa shape index (κ1) is 25.2. The van der Waals surface area contributed by atoms with Gasteiger partial charge in [0.05, 0.1) is 11.1 Å². The highest BCUT2D eigenvalue weighted by atomic mass is 19.4. The minimum absolute atomic E-state index is 0.00623. The number of methoxy groups -OCH3 is 1. The molecular formula is C24H32F3N3O3. The Balaban J connectivity index is 2.09. The van der Waals surface area contributed by atoms with Gasteiger partial charge in [-0.25, -0.2) is 0 Å². The maximum absolute atomic E-state index is 13.6. The van der Waals surface area contributed by atoms with Gasteiger partial charge in [0, 0.05) is 50.5 Å². The fourth-order valence-electron chi connectivity index (χ4n) is 4.46. The molecule has 1 aromatic heterocycles. The van der Waals surface area contributed by atoms with E-state index in [1.807, 2.05) is 13.8 Å². The van der Waals surface area contributed by atoms with Crippen LogP contribution >= 0.6 is 0 Å². The summed E-state index contributed by atoms with van der Waals surface area (Å²) in [5, 5.41) is 3.41. The number of hydrogen-bond donors (Lipinski definition) is 1. The highest BCUT2D eigenvalue weighted by Gasteiger charge is 2.33. The van der Waals surface area contributed by atoms with Gasteiger partial charge < -0.3 is 19.5 Å². The van der Waals surface area contributed by atoms with Crippen molar-refractivity contribution in [3.63, 3.8) is 0 Å². The van der Waals surface area contributed by atoms with Crippen LogP contribution in [-0.4, -0.2) is 54.3 Å². The number of carbonyl (C=O) groups excluding carboxylic acids is 1. The summed E-state index contributed by atoms with van der Waals surface area (Å²) in [5.74, 6) is -0.379. The van der Waals surface area contributed by atoms with Crippen LogP contribution in [0, 0.1) is 0 Å². The lowest BCUT2D eigenvalue weighted by atomic mass is 10.0. The molecule has 182 valence electrons. The predicted octanol–water partition coefficient (Wildman–Crippen LogP) is 4.05. The standard InChI is InChI=1S/C24H32F3N3O3/c1-16(2)30(18-7-6-10-28-14-18)23(32)20-15-29(11-4-5-12-33-3)21-13-17(24(25,26)27)8-9-19(21)22(20)31/h8-9,13,15-16,18,28H,4-7,10-12,14H2,1-3H3. The Kier molecular flexibility index (Phi) is 8.18. The fraction of sp³-hybridized carbons (Fsp3) is 0.583. The van der Waals surface area contributed by atoms with E-state index < -0.39 is 17.2 Å². The van der Waals surface area contributed by atoms with Crippen LogP contribution in [0.25, 0.3) is 10.9 Å². The number of rotatable bonds is 8. The summed E-state index contributed by atoms with van der Waals surface area (Å²) in [4.78, 5) is 28.6. The van der Waals surface area contributed by atoms with Crippen molar-refractivity contribution in [3.05, 3.63) is 45.7 Å². The van der Waals surface area contributed by atoms with Crippen LogP contribution in [0.3, 0.4) is 0 Å². The Morgan fingerprint density at radius 1 is 1.30 bits per heavy atom. The van der Waals surface area contributed by atoms with Gasteiger partial charge in [-0.2, -0.15) is 13.2 Å². The van der Waals surface area contributed by atoms with Crippen molar-refractivity contribution in [2.45, 2.75) is 64.3 Å². The van der Waals surface area contributed by atoms with E-state index in [1.54, 1.807) is 16.6 Å².